The van der Waals surface area contributed by atoms with Crippen molar-refractivity contribution in [1.29, 1.82) is 0 Å². The van der Waals surface area contributed by atoms with E-state index in [1.165, 1.54) is 13.5 Å². The third-order valence-corrected chi connectivity index (χ3v) is 4.86. The van der Waals surface area contributed by atoms with Crippen LogP contribution in [-0.2, 0) is 6.54 Å². The Morgan fingerprint density at radius 1 is 1.40 bits per heavy atom. The van der Waals surface area contributed by atoms with E-state index in [2.05, 4.69) is 57.8 Å². The van der Waals surface area contributed by atoms with Crippen LogP contribution < -0.4 is 5.32 Å². The van der Waals surface area contributed by atoms with Gasteiger partial charge in [-0.05, 0) is 46.4 Å². The Bertz CT molecular complexity index is 408. The maximum Gasteiger partial charge on any atom is 0.0701 e. The third kappa shape index (κ3) is 3.14. The summed E-state index contributed by atoms with van der Waals surface area (Å²) in [5.41, 5.74) is 0. The number of hydrogen-bond acceptors (Lipinski definition) is 3. The van der Waals surface area contributed by atoms with Crippen LogP contribution in [-0.4, -0.2) is 0 Å². The second-order valence-corrected chi connectivity index (χ2v) is 6.85. The second-order valence-electron chi connectivity index (χ2n) is 3.32. The summed E-state index contributed by atoms with van der Waals surface area (Å²) in [5.74, 6) is 0. The minimum absolute atomic E-state index is 0.436. The molecule has 0 saturated carbocycles. The molecule has 2 aromatic heterocycles. The Labute approximate surface area is 106 Å². The summed E-state index contributed by atoms with van der Waals surface area (Å²) < 4.78 is 1.20. The highest BCUT2D eigenvalue weighted by atomic mass is 79.9. The van der Waals surface area contributed by atoms with Crippen LogP contribution in [0.3, 0.4) is 0 Å². The first-order chi connectivity index (χ1) is 7.25. The Balaban J connectivity index is 1.88. The molecular formula is C11H12BrNS2. The lowest BCUT2D eigenvalue weighted by atomic mass is 10.3. The van der Waals surface area contributed by atoms with Gasteiger partial charge in [0.25, 0.3) is 0 Å². The van der Waals surface area contributed by atoms with Crippen molar-refractivity contribution in [2.24, 2.45) is 0 Å². The molecule has 0 aromatic carbocycles. The van der Waals surface area contributed by atoms with Gasteiger partial charge in [-0.1, -0.05) is 6.07 Å². The molecule has 0 unspecified atom stereocenters. The van der Waals surface area contributed by atoms with Gasteiger partial charge in [0, 0.05) is 22.3 Å². The van der Waals surface area contributed by atoms with Gasteiger partial charge in [0.05, 0.1) is 3.79 Å². The van der Waals surface area contributed by atoms with Crippen molar-refractivity contribution in [2.45, 2.75) is 19.5 Å². The summed E-state index contributed by atoms with van der Waals surface area (Å²) in [6.07, 6.45) is 0. The van der Waals surface area contributed by atoms with E-state index < -0.39 is 0 Å². The minimum atomic E-state index is 0.436. The van der Waals surface area contributed by atoms with Gasteiger partial charge >= 0.3 is 0 Å². The van der Waals surface area contributed by atoms with Crippen LogP contribution in [0.1, 0.15) is 22.7 Å². The van der Waals surface area contributed by atoms with E-state index >= 15 is 0 Å². The smallest absolute Gasteiger partial charge is 0.0701 e. The first-order valence-corrected chi connectivity index (χ1v) is 7.25. The van der Waals surface area contributed by atoms with Crippen molar-refractivity contribution in [2.75, 3.05) is 0 Å². The minimum Gasteiger partial charge on any atom is -0.305 e. The van der Waals surface area contributed by atoms with Crippen molar-refractivity contribution in [3.05, 3.63) is 43.2 Å². The quantitative estimate of drug-likeness (QED) is 0.881. The monoisotopic (exact) mass is 301 g/mol. The highest BCUT2D eigenvalue weighted by Gasteiger charge is 2.05. The van der Waals surface area contributed by atoms with Crippen molar-refractivity contribution >= 4 is 38.6 Å². The molecule has 1 nitrogen and oxygen atoms in total. The predicted molar refractivity (Wildman–Crippen MR) is 71.6 cm³/mol. The first-order valence-electron chi connectivity index (χ1n) is 4.76. The zero-order valence-corrected chi connectivity index (χ0v) is 11.6. The lowest BCUT2D eigenvalue weighted by molar-refractivity contribution is 0.587. The Morgan fingerprint density at radius 2 is 2.27 bits per heavy atom. The van der Waals surface area contributed by atoms with Crippen LogP contribution in [0, 0.1) is 0 Å². The number of nitrogens with one attached hydrogen (secondary N) is 1. The van der Waals surface area contributed by atoms with Crippen LogP contribution in [0.25, 0.3) is 0 Å². The Hall–Kier alpha value is -0.160. The van der Waals surface area contributed by atoms with Crippen LogP contribution in [0.15, 0.2) is 33.4 Å². The Kier molecular flexibility index (Phi) is 3.97. The molecule has 0 aliphatic rings. The summed E-state index contributed by atoms with van der Waals surface area (Å²) in [6.45, 7) is 3.14. The number of rotatable bonds is 4. The maximum atomic E-state index is 3.51. The van der Waals surface area contributed by atoms with Crippen LogP contribution in [0.2, 0.25) is 0 Å². The molecule has 0 fully saturated rings. The van der Waals surface area contributed by atoms with Gasteiger partial charge in [0.1, 0.15) is 0 Å². The van der Waals surface area contributed by atoms with Gasteiger partial charge in [-0.2, -0.15) is 0 Å². The summed E-state index contributed by atoms with van der Waals surface area (Å²) in [5, 5.41) is 5.63. The van der Waals surface area contributed by atoms with Gasteiger partial charge in [-0.15, -0.1) is 22.7 Å². The summed E-state index contributed by atoms with van der Waals surface area (Å²) >= 11 is 7.06. The van der Waals surface area contributed by atoms with Gasteiger partial charge in [-0.25, -0.2) is 0 Å². The predicted octanol–water partition coefficient (Wildman–Crippen LogP) is 4.42. The first kappa shape index (κ1) is 11.3. The molecule has 15 heavy (non-hydrogen) atoms. The molecule has 2 aromatic rings. The molecule has 0 aliphatic heterocycles. The summed E-state index contributed by atoms with van der Waals surface area (Å²) in [4.78, 5) is 2.76. The lowest BCUT2D eigenvalue weighted by Gasteiger charge is -2.10. The molecule has 0 spiro atoms. The van der Waals surface area contributed by atoms with Crippen LogP contribution >= 0.6 is 38.6 Å². The van der Waals surface area contributed by atoms with Gasteiger partial charge in [0.2, 0.25) is 0 Å². The Morgan fingerprint density at radius 3 is 2.87 bits per heavy atom. The van der Waals surface area contributed by atoms with E-state index in [0.717, 1.165) is 6.54 Å². The van der Waals surface area contributed by atoms with E-state index in [4.69, 9.17) is 0 Å². The number of halogens is 1. The average Bonchev–Trinajstić information content (AvgIpc) is 2.84. The molecule has 80 valence electrons. The third-order valence-electron chi connectivity index (χ3n) is 2.18. The van der Waals surface area contributed by atoms with E-state index in [1.807, 2.05) is 0 Å². The van der Waals surface area contributed by atoms with Crippen molar-refractivity contribution < 1.29 is 0 Å². The highest BCUT2D eigenvalue weighted by Crippen LogP contribution is 2.23. The van der Waals surface area contributed by atoms with Crippen LogP contribution in [0.5, 0.6) is 0 Å². The zero-order valence-electron chi connectivity index (χ0n) is 8.37. The van der Waals surface area contributed by atoms with E-state index in [1.54, 1.807) is 22.7 Å². The topological polar surface area (TPSA) is 12.0 Å². The largest absolute Gasteiger partial charge is 0.305 e. The molecule has 0 radical (unpaired) electrons. The zero-order chi connectivity index (χ0) is 10.7. The highest BCUT2D eigenvalue weighted by molar-refractivity contribution is 9.11. The van der Waals surface area contributed by atoms with E-state index in [0.29, 0.717) is 6.04 Å². The van der Waals surface area contributed by atoms with Gasteiger partial charge < -0.3 is 5.32 Å². The summed E-state index contributed by atoms with van der Waals surface area (Å²) in [7, 11) is 0. The van der Waals surface area contributed by atoms with E-state index in [9.17, 15) is 0 Å². The van der Waals surface area contributed by atoms with Crippen molar-refractivity contribution in [3.63, 3.8) is 0 Å². The maximum absolute atomic E-state index is 3.51. The molecule has 1 N–H and O–H groups in total. The molecule has 2 heterocycles. The van der Waals surface area contributed by atoms with E-state index in [-0.39, 0.29) is 0 Å². The fraction of sp³-hybridized carbons (Fsp3) is 0.273. The SMILES string of the molecule is C[C@H](NCc1ccc(Br)s1)c1cccs1. The van der Waals surface area contributed by atoms with Crippen molar-refractivity contribution in [1.82, 2.24) is 5.32 Å². The van der Waals surface area contributed by atoms with Gasteiger partial charge in [-0.3, -0.25) is 0 Å². The molecule has 0 bridgehead atoms. The second kappa shape index (κ2) is 5.25. The molecule has 4 heteroatoms. The molecule has 0 saturated heterocycles. The standard InChI is InChI=1S/C11H12BrNS2/c1-8(10-3-2-6-14-10)13-7-9-4-5-11(12)15-9/h2-6,8,13H,7H2,1H3/t8-/m0/s1. The number of thiophene rings is 2. The number of hydrogen-bond donors (Lipinski definition) is 1. The molecule has 2 rings (SSSR count). The van der Waals surface area contributed by atoms with Gasteiger partial charge in [0.15, 0.2) is 0 Å². The summed E-state index contributed by atoms with van der Waals surface area (Å²) in [6, 6.07) is 8.96. The molecular weight excluding hydrogens is 290 g/mol. The molecule has 1 atom stereocenters. The van der Waals surface area contributed by atoms with Crippen molar-refractivity contribution in [3.8, 4) is 0 Å². The molecule has 0 amide bonds. The molecule has 0 aliphatic carbocycles. The van der Waals surface area contributed by atoms with Crippen LogP contribution in [0.4, 0.5) is 0 Å². The average molecular weight is 302 g/mol. The normalized spacial score (nSPS) is 12.9. The lowest BCUT2D eigenvalue weighted by Crippen LogP contribution is -2.16. The fourth-order valence-electron chi connectivity index (χ4n) is 1.34. The fourth-order valence-corrected chi connectivity index (χ4v) is 3.53.